The lowest BCUT2D eigenvalue weighted by atomic mass is 10.2. The average molecular weight is 423 g/mol. The van der Waals surface area contributed by atoms with E-state index in [2.05, 4.69) is 15.5 Å². The number of halogens is 1. The molecule has 0 aliphatic heterocycles. The van der Waals surface area contributed by atoms with Crippen molar-refractivity contribution in [1.29, 1.82) is 0 Å². The van der Waals surface area contributed by atoms with Gasteiger partial charge >= 0.3 is 0 Å². The first-order valence-corrected chi connectivity index (χ1v) is 9.30. The lowest BCUT2D eigenvalue weighted by molar-refractivity contribution is -0.384. The van der Waals surface area contributed by atoms with Crippen LogP contribution in [-0.2, 0) is 6.54 Å². The smallest absolute Gasteiger partial charge is 0.270 e. The topological polar surface area (TPSA) is 103 Å². The van der Waals surface area contributed by atoms with Gasteiger partial charge in [0, 0.05) is 17.7 Å². The van der Waals surface area contributed by atoms with Gasteiger partial charge in [-0.1, -0.05) is 53.2 Å². The maximum atomic E-state index is 10.9. The number of rotatable bonds is 7. The number of hydrogen-bond donors (Lipinski definition) is 1. The monoisotopic (exact) mass is 422 g/mol. The molecular formula is C21H15ClN4O4. The van der Waals surface area contributed by atoms with Crippen LogP contribution in [0.15, 0.2) is 77.3 Å². The van der Waals surface area contributed by atoms with E-state index in [4.69, 9.17) is 20.9 Å². The maximum absolute atomic E-state index is 10.9. The number of nitro benzene ring substituents is 1. The van der Waals surface area contributed by atoms with Gasteiger partial charge in [0.15, 0.2) is 5.75 Å². The standard InChI is InChI=1S/C21H15ClN4O4/c22-16-8-1-3-10-18(16)29-19-11-4-2-9-17(19)23-13-20-24-21(25-30-20)14-6-5-7-15(12-14)26(27)28/h1-12,23H,13H2. The van der Waals surface area contributed by atoms with Gasteiger partial charge < -0.3 is 14.6 Å². The zero-order valence-electron chi connectivity index (χ0n) is 15.5. The van der Waals surface area contributed by atoms with Crippen molar-refractivity contribution in [3.63, 3.8) is 0 Å². The molecule has 0 aliphatic carbocycles. The molecule has 0 unspecified atom stereocenters. The fourth-order valence-electron chi connectivity index (χ4n) is 2.72. The summed E-state index contributed by atoms with van der Waals surface area (Å²) >= 11 is 6.17. The van der Waals surface area contributed by atoms with Gasteiger partial charge in [-0.15, -0.1) is 0 Å². The summed E-state index contributed by atoms with van der Waals surface area (Å²) in [5.41, 5.74) is 1.18. The van der Waals surface area contributed by atoms with Crippen LogP contribution in [0.4, 0.5) is 11.4 Å². The first-order valence-electron chi connectivity index (χ1n) is 8.93. The fraction of sp³-hybridized carbons (Fsp3) is 0.0476. The summed E-state index contributed by atoms with van der Waals surface area (Å²) in [7, 11) is 0. The van der Waals surface area contributed by atoms with E-state index in [-0.39, 0.29) is 18.1 Å². The van der Waals surface area contributed by atoms with Gasteiger partial charge in [0.1, 0.15) is 5.75 Å². The number of non-ortho nitro benzene ring substituents is 1. The Kier molecular flexibility index (Phi) is 5.58. The molecule has 4 aromatic rings. The maximum Gasteiger partial charge on any atom is 0.270 e. The van der Waals surface area contributed by atoms with Crippen LogP contribution in [0.1, 0.15) is 5.89 Å². The van der Waals surface area contributed by atoms with Crippen molar-refractivity contribution < 1.29 is 14.2 Å². The lowest BCUT2D eigenvalue weighted by Crippen LogP contribution is -2.01. The van der Waals surface area contributed by atoms with Gasteiger partial charge in [-0.05, 0) is 24.3 Å². The number of anilines is 1. The molecule has 30 heavy (non-hydrogen) atoms. The number of ether oxygens (including phenoxy) is 1. The van der Waals surface area contributed by atoms with Crippen LogP contribution in [0.3, 0.4) is 0 Å². The molecule has 1 aromatic heterocycles. The Bertz CT molecular complexity index is 1190. The Morgan fingerprint density at radius 2 is 1.80 bits per heavy atom. The molecule has 0 spiro atoms. The van der Waals surface area contributed by atoms with Crippen LogP contribution in [-0.4, -0.2) is 15.1 Å². The molecule has 0 saturated carbocycles. The number of nitro groups is 1. The van der Waals surface area contributed by atoms with E-state index >= 15 is 0 Å². The number of nitrogens with zero attached hydrogens (tertiary/aromatic N) is 3. The second kappa shape index (κ2) is 8.62. The van der Waals surface area contributed by atoms with Crippen molar-refractivity contribution in [3.05, 3.63) is 93.8 Å². The Morgan fingerprint density at radius 3 is 2.60 bits per heavy atom. The summed E-state index contributed by atoms with van der Waals surface area (Å²) in [6, 6.07) is 20.6. The number of aromatic nitrogens is 2. The summed E-state index contributed by atoms with van der Waals surface area (Å²) in [6.07, 6.45) is 0. The summed E-state index contributed by atoms with van der Waals surface area (Å²) < 4.78 is 11.2. The lowest BCUT2D eigenvalue weighted by Gasteiger charge is -2.12. The van der Waals surface area contributed by atoms with Crippen LogP contribution < -0.4 is 10.1 Å². The van der Waals surface area contributed by atoms with Crippen molar-refractivity contribution in [2.45, 2.75) is 6.54 Å². The summed E-state index contributed by atoms with van der Waals surface area (Å²) in [6.45, 7) is 0.241. The Labute approximate surface area is 176 Å². The largest absolute Gasteiger partial charge is 0.454 e. The quantitative estimate of drug-likeness (QED) is 0.301. The first-order chi connectivity index (χ1) is 14.6. The summed E-state index contributed by atoms with van der Waals surface area (Å²) in [5.74, 6) is 1.73. The van der Waals surface area contributed by atoms with Crippen molar-refractivity contribution in [1.82, 2.24) is 10.1 Å². The van der Waals surface area contributed by atoms with E-state index in [0.717, 1.165) is 0 Å². The van der Waals surface area contributed by atoms with Crippen molar-refractivity contribution in [3.8, 4) is 22.9 Å². The van der Waals surface area contributed by atoms with Crippen molar-refractivity contribution in [2.24, 2.45) is 0 Å². The highest BCUT2D eigenvalue weighted by molar-refractivity contribution is 6.32. The molecule has 1 heterocycles. The molecule has 1 N–H and O–H groups in total. The van der Waals surface area contributed by atoms with Crippen molar-refractivity contribution >= 4 is 23.0 Å². The molecule has 0 saturated heterocycles. The van der Waals surface area contributed by atoms with E-state index in [0.29, 0.717) is 33.7 Å². The molecule has 0 atom stereocenters. The third-order valence-electron chi connectivity index (χ3n) is 4.16. The van der Waals surface area contributed by atoms with Crippen LogP contribution in [0.5, 0.6) is 11.5 Å². The molecule has 3 aromatic carbocycles. The average Bonchev–Trinajstić information content (AvgIpc) is 3.24. The zero-order valence-corrected chi connectivity index (χ0v) is 16.2. The molecule has 0 amide bonds. The molecule has 150 valence electrons. The fourth-order valence-corrected chi connectivity index (χ4v) is 2.90. The van der Waals surface area contributed by atoms with E-state index < -0.39 is 4.92 Å². The van der Waals surface area contributed by atoms with Gasteiger partial charge in [0.05, 0.1) is 22.2 Å². The highest BCUT2D eigenvalue weighted by Crippen LogP contribution is 2.33. The number of hydrogen-bond acceptors (Lipinski definition) is 7. The molecule has 0 bridgehead atoms. The summed E-state index contributed by atoms with van der Waals surface area (Å²) in [4.78, 5) is 14.8. The van der Waals surface area contributed by atoms with Gasteiger partial charge in [-0.2, -0.15) is 4.98 Å². The van der Waals surface area contributed by atoms with Gasteiger partial charge in [-0.3, -0.25) is 10.1 Å². The van der Waals surface area contributed by atoms with Crippen LogP contribution in [0, 0.1) is 10.1 Å². The minimum atomic E-state index is -0.470. The highest BCUT2D eigenvalue weighted by Gasteiger charge is 2.13. The van der Waals surface area contributed by atoms with Crippen LogP contribution in [0.2, 0.25) is 5.02 Å². The highest BCUT2D eigenvalue weighted by atomic mass is 35.5. The minimum Gasteiger partial charge on any atom is -0.454 e. The number of nitrogens with one attached hydrogen (secondary N) is 1. The zero-order chi connectivity index (χ0) is 20.9. The number of benzene rings is 3. The van der Waals surface area contributed by atoms with Crippen LogP contribution in [0.25, 0.3) is 11.4 Å². The van der Waals surface area contributed by atoms with E-state index in [1.54, 1.807) is 24.3 Å². The van der Waals surface area contributed by atoms with Gasteiger partial charge in [0.2, 0.25) is 11.7 Å². The van der Waals surface area contributed by atoms with E-state index in [9.17, 15) is 10.1 Å². The van der Waals surface area contributed by atoms with E-state index in [1.165, 1.54) is 12.1 Å². The SMILES string of the molecule is O=[N+]([O-])c1cccc(-c2noc(CNc3ccccc3Oc3ccccc3Cl)n2)c1. The molecular weight excluding hydrogens is 408 g/mol. The predicted octanol–water partition coefficient (Wildman–Crippen LogP) is 5.70. The van der Waals surface area contributed by atoms with Crippen molar-refractivity contribution in [2.75, 3.05) is 5.32 Å². The Balaban J connectivity index is 1.48. The molecule has 4 rings (SSSR count). The molecule has 0 radical (unpaired) electrons. The molecule has 0 aliphatic rings. The molecule has 0 fully saturated rings. The third-order valence-corrected chi connectivity index (χ3v) is 4.47. The predicted molar refractivity (Wildman–Crippen MR) is 112 cm³/mol. The Hall–Kier alpha value is -3.91. The van der Waals surface area contributed by atoms with E-state index in [1.807, 2.05) is 36.4 Å². The minimum absolute atomic E-state index is 0.0392. The van der Waals surface area contributed by atoms with Gasteiger partial charge in [0.25, 0.3) is 5.69 Å². The first kappa shape index (κ1) is 19.4. The summed E-state index contributed by atoms with van der Waals surface area (Å²) in [5, 5.41) is 18.5. The normalized spacial score (nSPS) is 10.6. The van der Waals surface area contributed by atoms with Gasteiger partial charge in [-0.25, -0.2) is 0 Å². The second-order valence-corrected chi connectivity index (χ2v) is 6.61. The Morgan fingerprint density at radius 1 is 1.03 bits per heavy atom. The third kappa shape index (κ3) is 4.39. The molecule has 9 heteroatoms. The second-order valence-electron chi connectivity index (χ2n) is 6.20. The van der Waals surface area contributed by atoms with Crippen LogP contribution >= 0.6 is 11.6 Å². The molecule has 8 nitrogen and oxygen atoms in total. The number of para-hydroxylation sites is 3.